The number of aromatic nitrogens is 1. The molecule has 4 aromatic rings. The summed E-state index contributed by atoms with van der Waals surface area (Å²) < 4.78 is 52.3. The van der Waals surface area contributed by atoms with Gasteiger partial charge in [0.2, 0.25) is 5.88 Å². The molecule has 35 heavy (non-hydrogen) atoms. The second kappa shape index (κ2) is 8.61. The lowest BCUT2D eigenvalue weighted by molar-refractivity contribution is -0.144. The Kier molecular flexibility index (Phi) is 5.59. The number of hydrogen-bond donors (Lipinski definition) is 0. The van der Waals surface area contributed by atoms with Gasteiger partial charge in [0.15, 0.2) is 6.04 Å². The Morgan fingerprint density at radius 2 is 1.77 bits per heavy atom. The van der Waals surface area contributed by atoms with Crippen molar-refractivity contribution in [3.05, 3.63) is 99.8 Å². The van der Waals surface area contributed by atoms with Crippen molar-refractivity contribution in [1.82, 2.24) is 4.57 Å². The van der Waals surface area contributed by atoms with E-state index < -0.39 is 29.3 Å². The zero-order valence-electron chi connectivity index (χ0n) is 18.6. The fourth-order valence-electron chi connectivity index (χ4n) is 4.58. The minimum Gasteiger partial charge on any atom is -0.475 e. The Hall–Kier alpha value is -4.07. The quantitative estimate of drug-likeness (QED) is 0.369. The summed E-state index contributed by atoms with van der Waals surface area (Å²) in [6.45, 7) is -0.147. The molecule has 0 bridgehead atoms. The van der Waals surface area contributed by atoms with Gasteiger partial charge < -0.3 is 9.47 Å². The van der Waals surface area contributed by atoms with Gasteiger partial charge in [-0.2, -0.15) is 13.2 Å². The molecule has 0 saturated carbocycles. The number of methoxy groups -OCH3 is 1. The molecule has 1 aliphatic rings. The van der Waals surface area contributed by atoms with Gasteiger partial charge in [0.1, 0.15) is 6.61 Å². The van der Waals surface area contributed by atoms with E-state index in [0.29, 0.717) is 11.1 Å². The number of pyridine rings is 1. The smallest absolute Gasteiger partial charge is 0.416 e. The number of esters is 1. The fourth-order valence-corrected chi connectivity index (χ4v) is 4.58. The van der Waals surface area contributed by atoms with Crippen molar-refractivity contribution in [3.8, 4) is 17.0 Å². The van der Waals surface area contributed by atoms with Crippen LogP contribution in [0.3, 0.4) is 0 Å². The van der Waals surface area contributed by atoms with Crippen LogP contribution in [0.5, 0.6) is 5.88 Å². The van der Waals surface area contributed by atoms with E-state index in [1.165, 1.54) is 25.3 Å². The van der Waals surface area contributed by atoms with Crippen molar-refractivity contribution < 1.29 is 27.4 Å². The molecule has 3 aromatic carbocycles. The summed E-state index contributed by atoms with van der Waals surface area (Å²) >= 11 is 0. The van der Waals surface area contributed by atoms with Crippen molar-refractivity contribution in [2.24, 2.45) is 0 Å². The molecule has 0 spiro atoms. The zero-order chi connectivity index (χ0) is 24.7. The lowest BCUT2D eigenvalue weighted by atomic mass is 9.92. The highest BCUT2D eigenvalue weighted by Gasteiger charge is 2.36. The molecule has 5 rings (SSSR count). The highest BCUT2D eigenvalue weighted by molar-refractivity contribution is 5.86. The Morgan fingerprint density at radius 1 is 1.03 bits per heavy atom. The number of halogens is 3. The van der Waals surface area contributed by atoms with Crippen molar-refractivity contribution >= 4 is 16.7 Å². The van der Waals surface area contributed by atoms with Crippen molar-refractivity contribution in [1.29, 1.82) is 0 Å². The maximum atomic E-state index is 13.5. The number of nitrogens with zero attached hydrogens (tertiary/aromatic N) is 1. The van der Waals surface area contributed by atoms with Crippen LogP contribution in [0.2, 0.25) is 0 Å². The molecule has 8 heteroatoms. The van der Waals surface area contributed by atoms with E-state index in [0.717, 1.165) is 33.0 Å². The van der Waals surface area contributed by atoms with Gasteiger partial charge in [0, 0.05) is 11.6 Å². The minimum absolute atomic E-state index is 0.0578. The third-order valence-electron chi connectivity index (χ3n) is 6.19. The van der Waals surface area contributed by atoms with E-state index in [2.05, 4.69) is 0 Å². The number of fused-ring (bicyclic) bond motifs is 2. The van der Waals surface area contributed by atoms with Crippen LogP contribution in [-0.4, -0.2) is 24.3 Å². The molecule has 0 radical (unpaired) electrons. The fraction of sp³-hybridized carbons (Fsp3) is 0.185. The lowest BCUT2D eigenvalue weighted by Crippen LogP contribution is -2.29. The number of ether oxygens (including phenoxy) is 2. The number of carbonyl (C=O) groups is 1. The lowest BCUT2D eigenvalue weighted by Gasteiger charge is -2.17. The SMILES string of the molecule is COC(=O)C1COc2c(-c3cccc(C(F)(F)F)c3)c(Cc3cccc4ccccc34)cc(=O)n21. The molecule has 0 saturated heterocycles. The molecule has 5 nitrogen and oxygen atoms in total. The number of hydrogen-bond acceptors (Lipinski definition) is 4. The van der Waals surface area contributed by atoms with Crippen LogP contribution in [0.25, 0.3) is 21.9 Å². The van der Waals surface area contributed by atoms with E-state index in [-0.39, 0.29) is 24.5 Å². The maximum absolute atomic E-state index is 13.5. The summed E-state index contributed by atoms with van der Waals surface area (Å²) in [4.78, 5) is 25.4. The Morgan fingerprint density at radius 3 is 2.54 bits per heavy atom. The van der Waals surface area contributed by atoms with Crippen LogP contribution in [-0.2, 0) is 22.1 Å². The second-order valence-electron chi connectivity index (χ2n) is 8.30. The average molecular weight is 479 g/mol. The molecule has 0 fully saturated rings. The molecule has 0 N–H and O–H groups in total. The first kappa shape index (κ1) is 22.7. The topological polar surface area (TPSA) is 57.5 Å². The molecule has 1 aliphatic heterocycles. The first-order chi connectivity index (χ1) is 16.8. The molecule has 1 atom stereocenters. The summed E-state index contributed by atoms with van der Waals surface area (Å²) in [5.41, 5.74) is 0.683. The highest BCUT2D eigenvalue weighted by Crippen LogP contribution is 2.41. The molecule has 178 valence electrons. The number of benzene rings is 3. The second-order valence-corrected chi connectivity index (χ2v) is 8.30. The Labute approximate surface area is 198 Å². The predicted octanol–water partition coefficient (Wildman–Crippen LogP) is 5.38. The van der Waals surface area contributed by atoms with Crippen LogP contribution in [0.1, 0.15) is 22.7 Å². The Bertz CT molecular complexity index is 1500. The third kappa shape index (κ3) is 4.05. The summed E-state index contributed by atoms with van der Waals surface area (Å²) in [6.07, 6.45) is -4.27. The monoisotopic (exact) mass is 479 g/mol. The summed E-state index contributed by atoms with van der Waals surface area (Å²) in [5, 5.41) is 1.98. The molecule has 1 unspecified atom stereocenters. The summed E-state index contributed by atoms with van der Waals surface area (Å²) in [5.74, 6) is -0.606. The van der Waals surface area contributed by atoms with Crippen LogP contribution >= 0.6 is 0 Å². The van der Waals surface area contributed by atoms with E-state index >= 15 is 0 Å². The molecule has 0 amide bonds. The molecular weight excluding hydrogens is 459 g/mol. The predicted molar refractivity (Wildman–Crippen MR) is 124 cm³/mol. The van der Waals surface area contributed by atoms with E-state index in [1.807, 2.05) is 42.5 Å². The third-order valence-corrected chi connectivity index (χ3v) is 6.19. The number of alkyl halides is 3. The average Bonchev–Trinajstić information content (AvgIpc) is 3.29. The summed E-state index contributed by atoms with van der Waals surface area (Å²) in [7, 11) is 1.20. The normalized spacial score (nSPS) is 15.0. The maximum Gasteiger partial charge on any atom is 0.416 e. The van der Waals surface area contributed by atoms with Crippen LogP contribution in [0, 0.1) is 0 Å². The van der Waals surface area contributed by atoms with Gasteiger partial charge in [0.25, 0.3) is 5.56 Å². The highest BCUT2D eigenvalue weighted by atomic mass is 19.4. The van der Waals surface area contributed by atoms with Crippen molar-refractivity contribution in [3.63, 3.8) is 0 Å². The van der Waals surface area contributed by atoms with E-state index in [1.54, 1.807) is 0 Å². The largest absolute Gasteiger partial charge is 0.475 e. The minimum atomic E-state index is -4.55. The van der Waals surface area contributed by atoms with Gasteiger partial charge >= 0.3 is 12.1 Å². The molecule has 0 aliphatic carbocycles. The first-order valence-corrected chi connectivity index (χ1v) is 10.9. The van der Waals surface area contributed by atoms with Gasteiger partial charge in [-0.1, -0.05) is 54.6 Å². The van der Waals surface area contributed by atoms with Crippen molar-refractivity contribution in [2.45, 2.75) is 18.6 Å². The number of carbonyl (C=O) groups excluding carboxylic acids is 1. The van der Waals surface area contributed by atoms with Gasteiger partial charge in [-0.05, 0) is 46.0 Å². The van der Waals surface area contributed by atoms with Gasteiger partial charge in [0.05, 0.1) is 12.7 Å². The van der Waals surface area contributed by atoms with Gasteiger partial charge in [-0.25, -0.2) is 4.79 Å². The molecule has 2 heterocycles. The van der Waals surface area contributed by atoms with Gasteiger partial charge in [-0.15, -0.1) is 0 Å². The standard InChI is InChI=1S/C27H20F3NO4/c1-34-26(33)22-15-35-25-24(18-9-5-10-20(13-18)27(28,29)30)19(14-23(32)31(22)25)12-17-8-4-7-16-6-2-3-11-21(16)17/h2-11,13-14,22H,12,15H2,1H3. The van der Waals surface area contributed by atoms with E-state index in [9.17, 15) is 22.8 Å². The first-order valence-electron chi connectivity index (χ1n) is 10.9. The van der Waals surface area contributed by atoms with Crippen LogP contribution < -0.4 is 10.3 Å². The molecule has 1 aromatic heterocycles. The zero-order valence-corrected chi connectivity index (χ0v) is 18.6. The Balaban J connectivity index is 1.74. The van der Waals surface area contributed by atoms with Gasteiger partial charge in [-0.3, -0.25) is 9.36 Å². The summed E-state index contributed by atoms with van der Waals surface area (Å²) in [6, 6.07) is 18.7. The van der Waals surface area contributed by atoms with Crippen LogP contribution in [0.15, 0.2) is 77.6 Å². The van der Waals surface area contributed by atoms with Crippen molar-refractivity contribution in [2.75, 3.05) is 13.7 Å². The van der Waals surface area contributed by atoms with Crippen LogP contribution in [0.4, 0.5) is 13.2 Å². The number of rotatable bonds is 4. The van der Waals surface area contributed by atoms with E-state index in [4.69, 9.17) is 9.47 Å². The molecular formula is C27H20F3NO4.